The van der Waals surface area contributed by atoms with Gasteiger partial charge >= 0.3 is 12.2 Å². The second-order valence-electron chi connectivity index (χ2n) is 10.6. The Morgan fingerprint density at radius 2 is 1.35 bits per heavy atom. The summed E-state index contributed by atoms with van der Waals surface area (Å²) in [6.45, 7) is 13.8. The number of amides is 1. The Labute approximate surface area is 189 Å². The van der Waals surface area contributed by atoms with Crippen LogP contribution in [0.15, 0.2) is 0 Å². The van der Waals surface area contributed by atoms with Crippen molar-refractivity contribution in [2.75, 3.05) is 13.2 Å². The summed E-state index contributed by atoms with van der Waals surface area (Å²) in [5.74, 6) is 2.99. The van der Waals surface area contributed by atoms with Gasteiger partial charge in [-0.2, -0.15) is 0 Å². The zero-order chi connectivity index (χ0) is 23.0. The van der Waals surface area contributed by atoms with Crippen molar-refractivity contribution in [1.29, 1.82) is 0 Å². The Bertz CT molecular complexity index is 516. The van der Waals surface area contributed by atoms with Crippen LogP contribution in [0, 0.1) is 35.5 Å². The second kappa shape index (κ2) is 12.5. The van der Waals surface area contributed by atoms with Crippen LogP contribution < -0.4 is 5.32 Å². The van der Waals surface area contributed by atoms with E-state index >= 15 is 0 Å². The molecule has 2 aliphatic rings. The molecule has 0 spiro atoms. The van der Waals surface area contributed by atoms with Gasteiger partial charge in [0.25, 0.3) is 0 Å². The summed E-state index contributed by atoms with van der Waals surface area (Å²) < 4.78 is 16.6. The van der Waals surface area contributed by atoms with Gasteiger partial charge in [-0.25, -0.2) is 9.59 Å². The molecule has 1 amide bonds. The lowest BCUT2D eigenvalue weighted by atomic mass is 9.75. The SMILES string of the molecule is CC(C)[C@@H]1CC[C@@H](C)CC1OC(=O)OCCCNC(=O)O[C@@H]1C[C@H](C)CC[C@H]1C(C)C. The number of carbonyl (C=O) groups is 2. The summed E-state index contributed by atoms with van der Waals surface area (Å²) in [6.07, 6.45) is 5.94. The smallest absolute Gasteiger partial charge is 0.446 e. The summed E-state index contributed by atoms with van der Waals surface area (Å²) in [6, 6.07) is 0. The molecule has 0 aromatic heterocycles. The maximum Gasteiger partial charge on any atom is 0.508 e. The summed E-state index contributed by atoms with van der Waals surface area (Å²) >= 11 is 0. The van der Waals surface area contributed by atoms with Crippen molar-refractivity contribution in [3.63, 3.8) is 0 Å². The Hall–Kier alpha value is -1.46. The van der Waals surface area contributed by atoms with E-state index in [-0.39, 0.29) is 24.9 Å². The first kappa shape index (κ1) is 25.8. The van der Waals surface area contributed by atoms with Crippen LogP contribution in [0.25, 0.3) is 0 Å². The van der Waals surface area contributed by atoms with Gasteiger partial charge in [-0.05, 0) is 67.6 Å². The van der Waals surface area contributed by atoms with Crippen LogP contribution in [-0.4, -0.2) is 37.6 Å². The monoisotopic (exact) mass is 439 g/mol. The predicted molar refractivity (Wildman–Crippen MR) is 122 cm³/mol. The van der Waals surface area contributed by atoms with Crippen LogP contribution >= 0.6 is 0 Å². The molecule has 0 saturated heterocycles. The standard InChI is InChI=1S/C25H45NO5/c1-16(2)20-10-8-18(5)14-22(20)30-24(27)26-12-7-13-29-25(28)31-23-15-19(6)9-11-21(23)17(3)4/h16-23H,7-15H2,1-6H3,(H,26,27)/t18-,19-,20+,21+,22-,23?/m1/s1. The van der Waals surface area contributed by atoms with Gasteiger partial charge in [0, 0.05) is 6.54 Å². The molecular weight excluding hydrogens is 394 g/mol. The highest BCUT2D eigenvalue weighted by Gasteiger charge is 2.34. The third kappa shape index (κ3) is 8.53. The number of rotatable bonds is 8. The van der Waals surface area contributed by atoms with Gasteiger partial charge in [-0.3, -0.25) is 0 Å². The maximum atomic E-state index is 12.2. The van der Waals surface area contributed by atoms with Crippen LogP contribution in [0.2, 0.25) is 0 Å². The molecule has 1 N–H and O–H groups in total. The van der Waals surface area contributed by atoms with E-state index in [1.54, 1.807) is 0 Å². The third-order valence-electron chi connectivity index (χ3n) is 7.24. The Morgan fingerprint density at radius 3 is 1.87 bits per heavy atom. The average molecular weight is 440 g/mol. The van der Waals surface area contributed by atoms with E-state index in [1.807, 2.05) is 0 Å². The molecule has 2 fully saturated rings. The topological polar surface area (TPSA) is 73.9 Å². The van der Waals surface area contributed by atoms with Crippen LogP contribution in [0.3, 0.4) is 0 Å². The van der Waals surface area contributed by atoms with Crippen LogP contribution in [0.5, 0.6) is 0 Å². The number of carbonyl (C=O) groups excluding carboxylic acids is 2. The van der Waals surface area contributed by atoms with Crippen LogP contribution in [0.1, 0.15) is 86.5 Å². The van der Waals surface area contributed by atoms with Gasteiger partial charge in [0.2, 0.25) is 0 Å². The van der Waals surface area contributed by atoms with Gasteiger partial charge in [0.05, 0.1) is 6.61 Å². The lowest BCUT2D eigenvalue weighted by Crippen LogP contribution is -2.39. The van der Waals surface area contributed by atoms with Crippen molar-refractivity contribution in [1.82, 2.24) is 5.32 Å². The number of ether oxygens (including phenoxy) is 3. The third-order valence-corrected chi connectivity index (χ3v) is 7.24. The zero-order valence-electron chi connectivity index (χ0n) is 20.5. The molecule has 0 heterocycles. The van der Waals surface area contributed by atoms with Crippen molar-refractivity contribution in [2.24, 2.45) is 35.5 Å². The summed E-state index contributed by atoms with van der Waals surface area (Å²) in [5.41, 5.74) is 0. The summed E-state index contributed by atoms with van der Waals surface area (Å²) in [5, 5.41) is 2.79. The lowest BCUT2D eigenvalue weighted by Gasteiger charge is -2.36. The fourth-order valence-electron chi connectivity index (χ4n) is 5.26. The molecule has 0 aromatic rings. The molecule has 2 saturated carbocycles. The molecule has 6 atom stereocenters. The molecular formula is C25H45NO5. The van der Waals surface area contributed by atoms with Crippen LogP contribution in [-0.2, 0) is 14.2 Å². The molecule has 6 heteroatoms. The molecule has 2 rings (SSSR count). The molecule has 0 radical (unpaired) electrons. The first-order valence-electron chi connectivity index (χ1n) is 12.4. The molecule has 0 aliphatic heterocycles. The average Bonchev–Trinajstić information content (AvgIpc) is 2.67. The maximum absolute atomic E-state index is 12.2. The Balaban J connectivity index is 1.63. The number of hydrogen-bond donors (Lipinski definition) is 1. The minimum Gasteiger partial charge on any atom is -0.446 e. The molecule has 0 bridgehead atoms. The fraction of sp³-hybridized carbons (Fsp3) is 0.920. The molecule has 0 aromatic carbocycles. The van der Waals surface area contributed by atoms with Crippen molar-refractivity contribution in [3.8, 4) is 0 Å². The predicted octanol–water partition coefficient (Wildman–Crippen LogP) is 6.18. The number of nitrogens with one attached hydrogen (secondary N) is 1. The van der Waals surface area contributed by atoms with Gasteiger partial charge in [0.1, 0.15) is 12.2 Å². The normalized spacial score (nSPS) is 31.4. The first-order valence-corrected chi connectivity index (χ1v) is 12.4. The van der Waals surface area contributed by atoms with Crippen molar-refractivity contribution in [3.05, 3.63) is 0 Å². The van der Waals surface area contributed by atoms with Crippen molar-refractivity contribution in [2.45, 2.75) is 98.7 Å². The van der Waals surface area contributed by atoms with E-state index in [1.165, 1.54) is 12.8 Å². The minimum atomic E-state index is -0.594. The zero-order valence-corrected chi connectivity index (χ0v) is 20.5. The van der Waals surface area contributed by atoms with E-state index in [2.05, 4.69) is 46.9 Å². The Kier molecular flexibility index (Phi) is 10.4. The van der Waals surface area contributed by atoms with E-state index in [4.69, 9.17) is 14.2 Å². The fourth-order valence-corrected chi connectivity index (χ4v) is 5.26. The van der Waals surface area contributed by atoms with Gasteiger partial charge in [-0.15, -0.1) is 0 Å². The molecule has 6 nitrogen and oxygen atoms in total. The number of alkyl carbamates (subject to hydrolysis) is 1. The highest BCUT2D eigenvalue weighted by molar-refractivity contribution is 5.67. The van der Waals surface area contributed by atoms with Crippen molar-refractivity contribution >= 4 is 12.2 Å². The first-order chi connectivity index (χ1) is 14.7. The molecule has 2 aliphatic carbocycles. The van der Waals surface area contributed by atoms with Gasteiger partial charge in [0.15, 0.2) is 0 Å². The molecule has 180 valence electrons. The van der Waals surface area contributed by atoms with E-state index in [9.17, 15) is 9.59 Å². The van der Waals surface area contributed by atoms with Gasteiger partial charge < -0.3 is 19.5 Å². The largest absolute Gasteiger partial charge is 0.508 e. The highest BCUT2D eigenvalue weighted by Crippen LogP contribution is 2.36. The second-order valence-corrected chi connectivity index (χ2v) is 10.6. The van der Waals surface area contributed by atoms with Crippen molar-refractivity contribution < 1.29 is 23.8 Å². The molecule has 1 unspecified atom stereocenters. The quantitative estimate of drug-likeness (QED) is 0.361. The lowest BCUT2D eigenvalue weighted by molar-refractivity contribution is -0.0319. The minimum absolute atomic E-state index is 0.0123. The van der Waals surface area contributed by atoms with E-state index < -0.39 is 6.16 Å². The van der Waals surface area contributed by atoms with E-state index in [0.29, 0.717) is 48.5 Å². The number of hydrogen-bond acceptors (Lipinski definition) is 5. The van der Waals surface area contributed by atoms with Crippen LogP contribution in [0.4, 0.5) is 9.59 Å². The summed E-state index contributed by atoms with van der Waals surface area (Å²) in [4.78, 5) is 24.3. The highest BCUT2D eigenvalue weighted by atomic mass is 16.7. The summed E-state index contributed by atoms with van der Waals surface area (Å²) in [7, 11) is 0. The Morgan fingerprint density at radius 1 is 0.839 bits per heavy atom. The van der Waals surface area contributed by atoms with E-state index in [0.717, 1.165) is 25.7 Å². The van der Waals surface area contributed by atoms with Gasteiger partial charge in [-0.1, -0.05) is 54.4 Å². The molecule has 31 heavy (non-hydrogen) atoms.